The van der Waals surface area contributed by atoms with E-state index in [1.807, 2.05) is 0 Å². The molecule has 4 saturated carbocycles. The van der Waals surface area contributed by atoms with Gasteiger partial charge in [0.15, 0.2) is 0 Å². The summed E-state index contributed by atoms with van der Waals surface area (Å²) < 4.78 is 5.77. The van der Waals surface area contributed by atoms with Crippen LogP contribution in [0, 0.1) is 16.7 Å². The summed E-state index contributed by atoms with van der Waals surface area (Å²) in [6, 6.07) is 0. The van der Waals surface area contributed by atoms with E-state index in [0.29, 0.717) is 10.8 Å². The largest absolute Gasteiger partial charge is 0.456 e. The summed E-state index contributed by atoms with van der Waals surface area (Å²) in [4.78, 5) is 11.6. The third kappa shape index (κ3) is 1.73. The van der Waals surface area contributed by atoms with E-state index < -0.39 is 0 Å². The highest BCUT2D eigenvalue weighted by Crippen LogP contribution is 2.67. The Kier molecular flexibility index (Phi) is 2.10. The fourth-order valence-corrected chi connectivity index (χ4v) is 5.71. The van der Waals surface area contributed by atoms with Crippen LogP contribution in [0.25, 0.3) is 0 Å². The fourth-order valence-electron chi connectivity index (χ4n) is 5.71. The van der Waals surface area contributed by atoms with Crippen molar-refractivity contribution in [1.82, 2.24) is 0 Å². The average molecular weight is 234 g/mol. The van der Waals surface area contributed by atoms with Gasteiger partial charge in [0.05, 0.1) is 0 Å². The topological polar surface area (TPSA) is 26.3 Å². The first-order chi connectivity index (χ1) is 7.86. The molecule has 0 N–H and O–H groups in total. The molecule has 4 bridgehead atoms. The molecular formula is C15H22O2. The maximum absolute atomic E-state index is 11.6. The van der Waals surface area contributed by atoms with Crippen molar-refractivity contribution in [2.24, 2.45) is 16.7 Å². The predicted molar refractivity (Wildman–Crippen MR) is 66.4 cm³/mol. The van der Waals surface area contributed by atoms with Crippen LogP contribution in [-0.2, 0) is 9.53 Å². The molecule has 0 aliphatic heterocycles. The zero-order chi connectivity index (χ0) is 12.3. The molecule has 2 nitrogen and oxygen atoms in total. The summed E-state index contributed by atoms with van der Waals surface area (Å²) in [6.07, 6.45) is 8.48. The highest BCUT2D eigenvalue weighted by atomic mass is 16.6. The van der Waals surface area contributed by atoms with Crippen LogP contribution in [-0.4, -0.2) is 11.6 Å². The van der Waals surface area contributed by atoms with Gasteiger partial charge in [0, 0.05) is 6.08 Å². The molecule has 4 rings (SSSR count). The normalized spacial score (nSPS) is 51.3. The molecule has 2 heteroatoms. The smallest absolute Gasteiger partial charge is 0.330 e. The van der Waals surface area contributed by atoms with Gasteiger partial charge in [-0.15, -0.1) is 0 Å². The predicted octanol–water partition coefficient (Wildman–Crippen LogP) is 3.46. The summed E-state index contributed by atoms with van der Waals surface area (Å²) >= 11 is 0. The summed E-state index contributed by atoms with van der Waals surface area (Å²) in [7, 11) is 0. The second kappa shape index (κ2) is 3.15. The molecule has 4 fully saturated rings. The highest BCUT2D eigenvalue weighted by molar-refractivity contribution is 5.81. The molecule has 0 spiro atoms. The minimum atomic E-state index is -0.237. The van der Waals surface area contributed by atoms with Crippen LogP contribution >= 0.6 is 0 Å². The van der Waals surface area contributed by atoms with Gasteiger partial charge in [-0.05, 0) is 55.3 Å². The van der Waals surface area contributed by atoms with Crippen LogP contribution in [0.2, 0.25) is 0 Å². The van der Waals surface area contributed by atoms with Gasteiger partial charge in [-0.1, -0.05) is 20.4 Å². The first-order valence-corrected chi connectivity index (χ1v) is 6.72. The minimum absolute atomic E-state index is 0.172. The van der Waals surface area contributed by atoms with E-state index in [1.54, 1.807) is 0 Å². The number of esters is 1. The molecule has 0 aromatic heterocycles. The summed E-state index contributed by atoms with van der Waals surface area (Å²) in [5.74, 6) is 0.526. The third-order valence-corrected chi connectivity index (χ3v) is 5.06. The van der Waals surface area contributed by atoms with E-state index in [2.05, 4.69) is 20.4 Å². The molecule has 0 heterocycles. The fraction of sp³-hybridized carbons (Fsp3) is 0.800. The lowest BCUT2D eigenvalue weighted by Gasteiger charge is -2.64. The SMILES string of the molecule is C=CC(=O)OC12CC3C[C@@](C)(C1)C[C@](C)(C3)C2. The van der Waals surface area contributed by atoms with Gasteiger partial charge in [0.2, 0.25) is 0 Å². The molecule has 0 aromatic rings. The van der Waals surface area contributed by atoms with Gasteiger partial charge < -0.3 is 4.74 Å². The first kappa shape index (κ1) is 11.3. The summed E-state index contributed by atoms with van der Waals surface area (Å²) in [5, 5.41) is 0. The Morgan fingerprint density at radius 1 is 1.18 bits per heavy atom. The van der Waals surface area contributed by atoms with Crippen LogP contribution in [0.5, 0.6) is 0 Å². The molecule has 4 aliphatic carbocycles. The van der Waals surface area contributed by atoms with Crippen LogP contribution in [0.4, 0.5) is 0 Å². The van der Waals surface area contributed by atoms with Crippen molar-refractivity contribution >= 4 is 5.97 Å². The molecule has 4 aliphatic rings. The van der Waals surface area contributed by atoms with Gasteiger partial charge >= 0.3 is 5.97 Å². The van der Waals surface area contributed by atoms with Gasteiger partial charge in [-0.3, -0.25) is 0 Å². The molecule has 4 atom stereocenters. The van der Waals surface area contributed by atoms with Gasteiger partial charge in [-0.25, -0.2) is 4.79 Å². The van der Waals surface area contributed by atoms with Crippen molar-refractivity contribution in [2.75, 3.05) is 0 Å². The van der Waals surface area contributed by atoms with Crippen molar-refractivity contribution in [3.8, 4) is 0 Å². The summed E-state index contributed by atoms with van der Waals surface area (Å²) in [5.41, 5.74) is 0.624. The molecule has 17 heavy (non-hydrogen) atoms. The Labute approximate surface area is 103 Å². The number of carbonyl (C=O) groups is 1. The van der Waals surface area contributed by atoms with Crippen molar-refractivity contribution < 1.29 is 9.53 Å². The molecule has 0 radical (unpaired) electrons. The average Bonchev–Trinajstić information content (AvgIpc) is 2.10. The summed E-state index contributed by atoms with van der Waals surface area (Å²) in [6.45, 7) is 8.28. The lowest BCUT2D eigenvalue weighted by Crippen LogP contribution is -2.59. The quantitative estimate of drug-likeness (QED) is 0.540. The van der Waals surface area contributed by atoms with E-state index in [-0.39, 0.29) is 11.6 Å². The standard InChI is InChI=1S/C15H22O2/c1-4-12(16)17-15-7-11-5-13(2,9-15)8-14(3,6-11)10-15/h4,11H,1,5-10H2,2-3H3/t11?,13-,14+,15?. The van der Waals surface area contributed by atoms with Gasteiger partial charge in [0.1, 0.15) is 5.60 Å². The maximum Gasteiger partial charge on any atom is 0.330 e. The maximum atomic E-state index is 11.6. The number of carbonyl (C=O) groups excluding carboxylic acids is 1. The van der Waals surface area contributed by atoms with E-state index >= 15 is 0 Å². The Hall–Kier alpha value is -0.790. The Balaban J connectivity index is 1.92. The van der Waals surface area contributed by atoms with Crippen molar-refractivity contribution in [3.63, 3.8) is 0 Å². The zero-order valence-corrected chi connectivity index (χ0v) is 10.9. The third-order valence-electron chi connectivity index (χ3n) is 5.06. The molecule has 0 aromatic carbocycles. The lowest BCUT2D eigenvalue weighted by atomic mass is 9.43. The number of hydrogen-bond acceptors (Lipinski definition) is 2. The minimum Gasteiger partial charge on any atom is -0.456 e. The number of rotatable bonds is 2. The molecular weight excluding hydrogens is 212 g/mol. The molecule has 0 saturated heterocycles. The Morgan fingerprint density at radius 3 is 2.24 bits per heavy atom. The first-order valence-electron chi connectivity index (χ1n) is 6.72. The van der Waals surface area contributed by atoms with E-state index in [1.165, 1.54) is 25.3 Å². The molecule has 0 amide bonds. The van der Waals surface area contributed by atoms with Crippen molar-refractivity contribution in [3.05, 3.63) is 12.7 Å². The Morgan fingerprint density at radius 2 is 1.76 bits per heavy atom. The van der Waals surface area contributed by atoms with Gasteiger partial charge in [0.25, 0.3) is 0 Å². The van der Waals surface area contributed by atoms with Crippen LogP contribution in [0.15, 0.2) is 12.7 Å². The zero-order valence-electron chi connectivity index (χ0n) is 10.9. The molecule has 2 unspecified atom stereocenters. The van der Waals surface area contributed by atoms with E-state index in [0.717, 1.165) is 25.2 Å². The second-order valence-corrected chi connectivity index (χ2v) is 7.44. The van der Waals surface area contributed by atoms with Crippen LogP contribution in [0.3, 0.4) is 0 Å². The van der Waals surface area contributed by atoms with E-state index in [4.69, 9.17) is 4.74 Å². The van der Waals surface area contributed by atoms with E-state index in [9.17, 15) is 4.79 Å². The van der Waals surface area contributed by atoms with Crippen molar-refractivity contribution in [1.29, 1.82) is 0 Å². The van der Waals surface area contributed by atoms with Crippen LogP contribution in [0.1, 0.15) is 52.4 Å². The van der Waals surface area contributed by atoms with Crippen LogP contribution < -0.4 is 0 Å². The van der Waals surface area contributed by atoms with Gasteiger partial charge in [-0.2, -0.15) is 0 Å². The highest BCUT2D eigenvalue weighted by Gasteiger charge is 2.61. The van der Waals surface area contributed by atoms with Crippen molar-refractivity contribution in [2.45, 2.75) is 58.0 Å². The number of ether oxygens (including phenoxy) is 1. The second-order valence-electron chi connectivity index (χ2n) is 7.44. The molecule has 94 valence electrons. The Bertz CT molecular complexity index is 366. The lowest BCUT2D eigenvalue weighted by molar-refractivity contribution is -0.212. The monoisotopic (exact) mass is 234 g/mol. The number of hydrogen-bond donors (Lipinski definition) is 0.